The van der Waals surface area contributed by atoms with E-state index in [1.54, 1.807) is 27.8 Å². The van der Waals surface area contributed by atoms with Crippen LogP contribution in [-0.2, 0) is 6.54 Å². The van der Waals surface area contributed by atoms with Gasteiger partial charge in [-0.25, -0.2) is 0 Å². The Morgan fingerprint density at radius 3 is 3.14 bits per heavy atom. The Labute approximate surface area is 127 Å². The van der Waals surface area contributed by atoms with E-state index in [2.05, 4.69) is 16.5 Å². The molecule has 0 aliphatic carbocycles. The van der Waals surface area contributed by atoms with Crippen molar-refractivity contribution in [2.75, 3.05) is 12.4 Å². The SMILES string of the molecule is COc1cscc1C(=O)Nc1cnn(CCCCC#N)c1. The Balaban J connectivity index is 1.90. The fourth-order valence-corrected chi connectivity index (χ4v) is 2.61. The number of rotatable bonds is 7. The van der Waals surface area contributed by atoms with Crippen molar-refractivity contribution < 1.29 is 9.53 Å². The van der Waals surface area contributed by atoms with Crippen molar-refractivity contribution >= 4 is 22.9 Å². The molecular formula is C14H16N4O2S. The maximum Gasteiger partial charge on any atom is 0.260 e. The molecule has 0 radical (unpaired) electrons. The highest BCUT2D eigenvalue weighted by Gasteiger charge is 2.14. The van der Waals surface area contributed by atoms with E-state index in [4.69, 9.17) is 10.00 Å². The zero-order valence-electron chi connectivity index (χ0n) is 11.7. The van der Waals surface area contributed by atoms with Gasteiger partial charge in [-0.1, -0.05) is 0 Å². The minimum Gasteiger partial charge on any atom is -0.495 e. The van der Waals surface area contributed by atoms with Crippen molar-refractivity contribution in [2.45, 2.75) is 25.8 Å². The van der Waals surface area contributed by atoms with Crippen molar-refractivity contribution in [2.24, 2.45) is 0 Å². The molecule has 0 bridgehead atoms. The lowest BCUT2D eigenvalue weighted by Crippen LogP contribution is -2.11. The van der Waals surface area contributed by atoms with Gasteiger partial charge >= 0.3 is 0 Å². The molecule has 21 heavy (non-hydrogen) atoms. The number of nitriles is 1. The summed E-state index contributed by atoms with van der Waals surface area (Å²) in [6, 6.07) is 2.11. The van der Waals surface area contributed by atoms with E-state index in [-0.39, 0.29) is 5.91 Å². The van der Waals surface area contributed by atoms with Crippen LogP contribution in [0.15, 0.2) is 23.2 Å². The minimum atomic E-state index is -0.211. The van der Waals surface area contributed by atoms with Crippen LogP contribution in [0.25, 0.3) is 0 Å². The summed E-state index contributed by atoms with van der Waals surface area (Å²) in [5.74, 6) is 0.360. The third-order valence-electron chi connectivity index (χ3n) is 2.91. The molecule has 2 aromatic rings. The second-order valence-corrected chi connectivity index (χ2v) is 5.16. The van der Waals surface area contributed by atoms with E-state index in [1.807, 2.05) is 0 Å². The van der Waals surface area contributed by atoms with Crippen LogP contribution < -0.4 is 10.1 Å². The summed E-state index contributed by atoms with van der Waals surface area (Å²) in [6.45, 7) is 0.735. The van der Waals surface area contributed by atoms with Gasteiger partial charge in [-0.2, -0.15) is 10.4 Å². The van der Waals surface area contributed by atoms with E-state index < -0.39 is 0 Å². The summed E-state index contributed by atoms with van der Waals surface area (Å²) in [4.78, 5) is 12.1. The molecular weight excluding hydrogens is 288 g/mol. The largest absolute Gasteiger partial charge is 0.495 e. The van der Waals surface area contributed by atoms with Gasteiger partial charge in [0.1, 0.15) is 5.75 Å². The van der Waals surface area contributed by atoms with Crippen molar-refractivity contribution in [1.29, 1.82) is 5.26 Å². The van der Waals surface area contributed by atoms with Gasteiger partial charge in [-0.15, -0.1) is 11.3 Å². The first kappa shape index (κ1) is 15.1. The van der Waals surface area contributed by atoms with E-state index in [1.165, 1.54) is 18.4 Å². The summed E-state index contributed by atoms with van der Waals surface area (Å²) in [5.41, 5.74) is 1.16. The summed E-state index contributed by atoms with van der Waals surface area (Å²) in [7, 11) is 1.54. The topological polar surface area (TPSA) is 79.9 Å². The highest BCUT2D eigenvalue weighted by Crippen LogP contribution is 2.24. The minimum absolute atomic E-state index is 0.211. The van der Waals surface area contributed by atoms with Gasteiger partial charge in [0.15, 0.2) is 0 Å². The summed E-state index contributed by atoms with van der Waals surface area (Å²) < 4.78 is 6.89. The van der Waals surface area contributed by atoms with Gasteiger partial charge in [0.25, 0.3) is 5.91 Å². The van der Waals surface area contributed by atoms with E-state index in [9.17, 15) is 4.79 Å². The highest BCUT2D eigenvalue weighted by molar-refractivity contribution is 7.08. The van der Waals surface area contributed by atoms with Crippen molar-refractivity contribution in [3.8, 4) is 11.8 Å². The van der Waals surface area contributed by atoms with E-state index >= 15 is 0 Å². The number of thiophene rings is 1. The maximum absolute atomic E-state index is 12.1. The second kappa shape index (κ2) is 7.45. The molecule has 2 rings (SSSR count). The van der Waals surface area contributed by atoms with Crippen LogP contribution in [0.1, 0.15) is 29.6 Å². The number of aromatic nitrogens is 2. The molecule has 1 N–H and O–H groups in total. The zero-order chi connectivity index (χ0) is 15.1. The molecule has 0 spiro atoms. The van der Waals surface area contributed by atoms with E-state index in [0.29, 0.717) is 23.4 Å². The van der Waals surface area contributed by atoms with Crippen LogP contribution >= 0.6 is 11.3 Å². The van der Waals surface area contributed by atoms with Gasteiger partial charge in [0, 0.05) is 29.9 Å². The molecule has 0 saturated carbocycles. The van der Waals surface area contributed by atoms with Crippen molar-refractivity contribution in [1.82, 2.24) is 9.78 Å². The lowest BCUT2D eigenvalue weighted by molar-refractivity contribution is 0.102. The first-order chi connectivity index (χ1) is 10.2. The Morgan fingerprint density at radius 1 is 1.52 bits per heavy atom. The molecule has 0 fully saturated rings. The first-order valence-electron chi connectivity index (χ1n) is 6.55. The van der Waals surface area contributed by atoms with Gasteiger partial charge in [0.05, 0.1) is 30.6 Å². The van der Waals surface area contributed by atoms with Crippen LogP contribution in [0.2, 0.25) is 0 Å². The average molecular weight is 304 g/mol. The van der Waals surface area contributed by atoms with Crippen LogP contribution in [0, 0.1) is 11.3 Å². The number of carbonyl (C=O) groups is 1. The standard InChI is InChI=1S/C14H16N4O2S/c1-20-13-10-21-9-12(13)14(19)17-11-7-16-18(8-11)6-4-2-3-5-15/h7-10H,2-4,6H2,1H3,(H,17,19). The predicted octanol–water partition coefficient (Wildman–Crippen LogP) is 2.90. The van der Waals surface area contributed by atoms with Gasteiger partial charge in [-0.05, 0) is 12.8 Å². The predicted molar refractivity (Wildman–Crippen MR) is 80.5 cm³/mol. The van der Waals surface area contributed by atoms with Crippen LogP contribution in [-0.4, -0.2) is 22.8 Å². The van der Waals surface area contributed by atoms with Gasteiger partial charge < -0.3 is 10.1 Å². The monoisotopic (exact) mass is 304 g/mol. The Kier molecular flexibility index (Phi) is 5.35. The molecule has 0 unspecified atom stereocenters. The Hall–Kier alpha value is -2.33. The fourth-order valence-electron chi connectivity index (χ4n) is 1.84. The molecule has 6 nitrogen and oxygen atoms in total. The fraction of sp³-hybridized carbons (Fsp3) is 0.357. The molecule has 0 saturated heterocycles. The molecule has 0 aliphatic heterocycles. The average Bonchev–Trinajstić information content (AvgIpc) is 3.12. The molecule has 2 heterocycles. The summed E-state index contributed by atoms with van der Waals surface area (Å²) >= 11 is 1.42. The number of anilines is 1. The number of aryl methyl sites for hydroxylation is 1. The third-order valence-corrected chi connectivity index (χ3v) is 3.63. The van der Waals surface area contributed by atoms with Crippen molar-refractivity contribution in [3.05, 3.63) is 28.7 Å². The number of unbranched alkanes of at least 4 members (excludes halogenated alkanes) is 2. The number of methoxy groups -OCH3 is 1. The lowest BCUT2D eigenvalue weighted by atomic mass is 10.2. The normalized spacial score (nSPS) is 10.1. The van der Waals surface area contributed by atoms with E-state index in [0.717, 1.165) is 19.4 Å². The van der Waals surface area contributed by atoms with Crippen LogP contribution in [0.3, 0.4) is 0 Å². The zero-order valence-corrected chi connectivity index (χ0v) is 12.5. The number of nitrogens with one attached hydrogen (secondary N) is 1. The molecule has 0 aromatic carbocycles. The maximum atomic E-state index is 12.1. The molecule has 110 valence electrons. The van der Waals surface area contributed by atoms with Crippen LogP contribution in [0.4, 0.5) is 5.69 Å². The van der Waals surface area contributed by atoms with Gasteiger partial charge in [0.2, 0.25) is 0 Å². The van der Waals surface area contributed by atoms with Crippen LogP contribution in [0.5, 0.6) is 5.75 Å². The Bertz CT molecular complexity index is 641. The number of carbonyl (C=O) groups excluding carboxylic acids is 1. The summed E-state index contributed by atoms with van der Waals surface area (Å²) in [5, 5.41) is 19.0. The number of ether oxygens (including phenoxy) is 1. The number of hydrogen-bond donors (Lipinski definition) is 1. The lowest BCUT2D eigenvalue weighted by Gasteiger charge is -2.03. The third kappa shape index (κ3) is 4.07. The highest BCUT2D eigenvalue weighted by atomic mass is 32.1. The van der Waals surface area contributed by atoms with Gasteiger partial charge in [-0.3, -0.25) is 9.48 Å². The number of hydrogen-bond acceptors (Lipinski definition) is 5. The molecule has 1 amide bonds. The number of amides is 1. The second-order valence-electron chi connectivity index (χ2n) is 4.42. The summed E-state index contributed by atoms with van der Waals surface area (Å²) in [6.07, 6.45) is 5.69. The first-order valence-corrected chi connectivity index (χ1v) is 7.50. The molecule has 2 aromatic heterocycles. The molecule has 7 heteroatoms. The molecule has 0 atom stereocenters. The smallest absolute Gasteiger partial charge is 0.260 e. The van der Waals surface area contributed by atoms with Crippen molar-refractivity contribution in [3.63, 3.8) is 0 Å². The Morgan fingerprint density at radius 2 is 2.38 bits per heavy atom. The molecule has 0 aliphatic rings. The number of nitrogens with zero attached hydrogens (tertiary/aromatic N) is 3. The quantitative estimate of drug-likeness (QED) is 0.798.